The zero-order valence-corrected chi connectivity index (χ0v) is 12.3. The third-order valence-electron chi connectivity index (χ3n) is 3.19. The molecule has 2 rings (SSSR count). The largest absolute Gasteiger partial charge is 0.310 e. The van der Waals surface area contributed by atoms with Crippen LogP contribution in [0.3, 0.4) is 0 Å². The predicted octanol–water partition coefficient (Wildman–Crippen LogP) is 3.84. The molecule has 0 bridgehead atoms. The van der Waals surface area contributed by atoms with Crippen LogP contribution in [0, 0.1) is 13.8 Å². The van der Waals surface area contributed by atoms with Crippen molar-refractivity contribution in [2.75, 3.05) is 0 Å². The SMILES string of the molecule is Cc1ccccc1C(=O)[PH](=O)C(=O)c1ccccc1C. The van der Waals surface area contributed by atoms with Crippen molar-refractivity contribution < 1.29 is 14.2 Å². The Labute approximate surface area is 118 Å². The van der Waals surface area contributed by atoms with Crippen LogP contribution in [0.4, 0.5) is 0 Å². The Bertz CT molecular complexity index is 645. The molecular formula is C16H15O3P. The molecule has 0 aromatic heterocycles. The summed E-state index contributed by atoms with van der Waals surface area (Å²) in [6, 6.07) is 13.7. The quantitative estimate of drug-likeness (QED) is 0.802. The summed E-state index contributed by atoms with van der Waals surface area (Å²) in [7, 11) is -3.02. The highest BCUT2D eigenvalue weighted by molar-refractivity contribution is 7.80. The second kappa shape index (κ2) is 5.98. The Morgan fingerprint density at radius 1 is 0.750 bits per heavy atom. The van der Waals surface area contributed by atoms with E-state index in [1.807, 2.05) is 0 Å². The molecule has 0 aliphatic carbocycles. The lowest BCUT2D eigenvalue weighted by Crippen LogP contribution is -2.04. The van der Waals surface area contributed by atoms with E-state index in [4.69, 9.17) is 0 Å². The number of carbonyl (C=O) groups is 2. The predicted molar refractivity (Wildman–Crippen MR) is 80.0 cm³/mol. The van der Waals surface area contributed by atoms with Crippen LogP contribution in [0.5, 0.6) is 0 Å². The summed E-state index contributed by atoms with van der Waals surface area (Å²) in [5.74, 6) is 0. The first-order valence-corrected chi connectivity index (χ1v) is 7.68. The van der Waals surface area contributed by atoms with Gasteiger partial charge in [-0.15, -0.1) is 0 Å². The molecule has 0 unspecified atom stereocenters. The number of aryl methyl sites for hydroxylation is 2. The van der Waals surface area contributed by atoms with Gasteiger partial charge in [-0.2, -0.15) is 0 Å². The summed E-state index contributed by atoms with van der Waals surface area (Å²) in [5, 5.41) is 0. The van der Waals surface area contributed by atoms with Crippen LogP contribution < -0.4 is 0 Å². The third kappa shape index (κ3) is 2.78. The summed E-state index contributed by atoms with van der Waals surface area (Å²) < 4.78 is 12.2. The molecule has 0 atom stereocenters. The van der Waals surface area contributed by atoms with Crippen LogP contribution in [-0.4, -0.2) is 11.0 Å². The summed E-state index contributed by atoms with van der Waals surface area (Å²) in [6.07, 6.45) is 0. The minimum absolute atomic E-state index is 0.360. The van der Waals surface area contributed by atoms with Gasteiger partial charge in [-0.1, -0.05) is 48.5 Å². The highest BCUT2D eigenvalue weighted by Gasteiger charge is 2.24. The number of rotatable bonds is 4. The first-order chi connectivity index (χ1) is 9.52. The molecule has 0 aliphatic heterocycles. The van der Waals surface area contributed by atoms with Gasteiger partial charge in [0.25, 0.3) is 0 Å². The van der Waals surface area contributed by atoms with Crippen molar-refractivity contribution in [3.63, 3.8) is 0 Å². The molecule has 4 heteroatoms. The maximum atomic E-state index is 12.2. The third-order valence-corrected chi connectivity index (χ3v) is 4.56. The second-order valence-electron chi connectivity index (χ2n) is 4.62. The van der Waals surface area contributed by atoms with Gasteiger partial charge in [0.15, 0.2) is 0 Å². The molecule has 0 aliphatic rings. The van der Waals surface area contributed by atoms with Gasteiger partial charge in [-0.25, -0.2) is 0 Å². The fraction of sp³-hybridized carbons (Fsp3) is 0.125. The zero-order chi connectivity index (χ0) is 14.7. The van der Waals surface area contributed by atoms with E-state index in [2.05, 4.69) is 0 Å². The summed E-state index contributed by atoms with van der Waals surface area (Å²) in [6.45, 7) is 3.53. The van der Waals surface area contributed by atoms with Crippen LogP contribution in [0.1, 0.15) is 31.8 Å². The van der Waals surface area contributed by atoms with Crippen molar-refractivity contribution >= 4 is 18.8 Å². The van der Waals surface area contributed by atoms with Gasteiger partial charge >= 0.3 is 0 Å². The first-order valence-electron chi connectivity index (χ1n) is 6.27. The van der Waals surface area contributed by atoms with Crippen molar-refractivity contribution in [3.8, 4) is 0 Å². The smallest absolute Gasteiger partial charge is 0.226 e. The average molecular weight is 286 g/mol. The summed E-state index contributed by atoms with van der Waals surface area (Å²) >= 11 is 0. The van der Waals surface area contributed by atoms with E-state index in [9.17, 15) is 14.2 Å². The van der Waals surface area contributed by atoms with Gasteiger partial charge in [-0.3, -0.25) is 9.59 Å². The van der Waals surface area contributed by atoms with E-state index in [0.717, 1.165) is 11.1 Å². The lowest BCUT2D eigenvalue weighted by molar-refractivity contribution is 0.104. The van der Waals surface area contributed by atoms with Gasteiger partial charge in [-0.05, 0) is 25.0 Å². The maximum absolute atomic E-state index is 12.2. The Kier molecular flexibility index (Phi) is 4.31. The molecule has 0 heterocycles. The molecule has 3 nitrogen and oxygen atoms in total. The van der Waals surface area contributed by atoms with Crippen molar-refractivity contribution in [1.82, 2.24) is 0 Å². The molecule has 0 fully saturated rings. The zero-order valence-electron chi connectivity index (χ0n) is 11.3. The lowest BCUT2D eigenvalue weighted by atomic mass is 10.1. The first kappa shape index (κ1) is 14.4. The van der Waals surface area contributed by atoms with Crippen LogP contribution in [0.25, 0.3) is 0 Å². The average Bonchev–Trinajstić information content (AvgIpc) is 2.46. The van der Waals surface area contributed by atoms with Crippen LogP contribution in [-0.2, 0) is 4.57 Å². The van der Waals surface area contributed by atoms with Crippen LogP contribution in [0.2, 0.25) is 0 Å². The molecule has 20 heavy (non-hydrogen) atoms. The Morgan fingerprint density at radius 2 is 1.10 bits per heavy atom. The van der Waals surface area contributed by atoms with Gasteiger partial charge in [0, 0.05) is 11.1 Å². The van der Waals surface area contributed by atoms with Gasteiger partial charge < -0.3 is 4.57 Å². The van der Waals surface area contributed by atoms with Crippen molar-refractivity contribution in [3.05, 3.63) is 70.8 Å². The van der Waals surface area contributed by atoms with Crippen LogP contribution in [0.15, 0.2) is 48.5 Å². The number of hydrogen-bond acceptors (Lipinski definition) is 3. The highest BCUT2D eigenvalue weighted by Crippen LogP contribution is 2.33. The van der Waals surface area contributed by atoms with E-state index in [1.165, 1.54) is 0 Å². The van der Waals surface area contributed by atoms with Gasteiger partial charge in [0.05, 0.1) is 0 Å². The molecule has 102 valence electrons. The Hall–Kier alpha value is -1.99. The van der Waals surface area contributed by atoms with E-state index >= 15 is 0 Å². The van der Waals surface area contributed by atoms with E-state index in [1.54, 1.807) is 62.4 Å². The number of carbonyl (C=O) groups excluding carboxylic acids is 2. The molecule has 0 radical (unpaired) electrons. The van der Waals surface area contributed by atoms with Crippen molar-refractivity contribution in [1.29, 1.82) is 0 Å². The normalized spacial score (nSPS) is 10.6. The topological polar surface area (TPSA) is 51.2 Å². The number of hydrogen-bond donors (Lipinski definition) is 0. The van der Waals surface area contributed by atoms with E-state index in [-0.39, 0.29) is 0 Å². The Balaban J connectivity index is 2.33. The molecule has 0 saturated carbocycles. The fourth-order valence-electron chi connectivity index (χ4n) is 2.00. The van der Waals surface area contributed by atoms with Gasteiger partial charge in [0.2, 0.25) is 18.8 Å². The number of benzene rings is 2. The highest BCUT2D eigenvalue weighted by atomic mass is 31.1. The van der Waals surface area contributed by atoms with Crippen LogP contribution >= 0.6 is 7.80 Å². The molecule has 0 spiro atoms. The van der Waals surface area contributed by atoms with Crippen molar-refractivity contribution in [2.45, 2.75) is 13.8 Å². The minimum Gasteiger partial charge on any atom is -0.310 e. The minimum atomic E-state index is -3.02. The molecular weight excluding hydrogens is 271 g/mol. The van der Waals surface area contributed by atoms with E-state index < -0.39 is 18.8 Å². The van der Waals surface area contributed by atoms with E-state index in [0.29, 0.717) is 11.1 Å². The summed E-state index contributed by atoms with van der Waals surface area (Å²) in [4.78, 5) is 24.4. The van der Waals surface area contributed by atoms with Gasteiger partial charge in [0.1, 0.15) is 0 Å². The molecule has 0 N–H and O–H groups in total. The summed E-state index contributed by atoms with van der Waals surface area (Å²) in [5.41, 5.74) is 1.04. The monoisotopic (exact) mass is 286 g/mol. The standard InChI is InChI=1S/C16H15O3P/c1-11-7-3-5-9-13(11)15(17)20(19)16(18)14-10-6-4-8-12(14)2/h3-10,20H,1-2H3. The molecule has 0 saturated heterocycles. The molecule has 2 aromatic carbocycles. The maximum Gasteiger partial charge on any atom is 0.226 e. The second-order valence-corrected chi connectivity index (χ2v) is 6.18. The van der Waals surface area contributed by atoms with Crippen molar-refractivity contribution in [2.24, 2.45) is 0 Å². The molecule has 0 amide bonds. The fourth-order valence-corrected chi connectivity index (χ4v) is 3.26. The molecule has 2 aromatic rings. The lowest BCUT2D eigenvalue weighted by Gasteiger charge is -2.06. The Morgan fingerprint density at radius 3 is 1.45 bits per heavy atom.